The summed E-state index contributed by atoms with van der Waals surface area (Å²) in [5.74, 6) is 0.379. The summed E-state index contributed by atoms with van der Waals surface area (Å²) in [5, 5.41) is 3.40. The normalized spacial score (nSPS) is 17.5. The van der Waals surface area contributed by atoms with E-state index in [1.807, 2.05) is 44.2 Å². The van der Waals surface area contributed by atoms with Gasteiger partial charge >= 0.3 is 0 Å². The van der Waals surface area contributed by atoms with Crippen LogP contribution in [0.1, 0.15) is 22.6 Å². The average Bonchev–Trinajstić information content (AvgIpc) is 3.14. The van der Waals surface area contributed by atoms with Crippen LogP contribution in [0.2, 0.25) is 0 Å². The predicted octanol–water partition coefficient (Wildman–Crippen LogP) is 3.10. The van der Waals surface area contributed by atoms with Crippen molar-refractivity contribution in [3.8, 4) is 0 Å². The Morgan fingerprint density at radius 1 is 1.18 bits per heavy atom. The van der Waals surface area contributed by atoms with E-state index in [9.17, 15) is 4.79 Å². The minimum absolute atomic E-state index is 0.411. The first-order chi connectivity index (χ1) is 13.5. The third-order valence-corrected chi connectivity index (χ3v) is 5.01. The number of nitrogens with one attached hydrogen (secondary N) is 1. The molecule has 2 aliphatic rings. The standard InChI is InChI=1S/C22H21N5O/c1-13-14(2)26-22(27-21(13)25-11-15-7-4-3-5-8-15)17-12-24-18-10-6-9-16(19(17)18)20(23)28/h3-10,12,16H,11H2,1-2H3,(H2,23,28)(H,25,26,27). The van der Waals surface area contributed by atoms with Crippen LogP contribution in [0.4, 0.5) is 5.82 Å². The molecule has 140 valence electrons. The lowest BCUT2D eigenvalue weighted by atomic mass is 9.89. The molecule has 2 heterocycles. The van der Waals surface area contributed by atoms with Gasteiger partial charge in [-0.3, -0.25) is 9.79 Å². The molecular weight excluding hydrogens is 350 g/mol. The molecule has 0 saturated carbocycles. The number of aromatic nitrogens is 2. The van der Waals surface area contributed by atoms with Gasteiger partial charge in [-0.2, -0.15) is 0 Å². The van der Waals surface area contributed by atoms with Gasteiger partial charge < -0.3 is 11.1 Å². The lowest BCUT2D eigenvalue weighted by molar-refractivity contribution is -0.119. The summed E-state index contributed by atoms with van der Waals surface area (Å²) in [6, 6.07) is 10.1. The monoisotopic (exact) mass is 371 g/mol. The number of benzene rings is 1. The first-order valence-corrected chi connectivity index (χ1v) is 9.14. The second kappa shape index (κ2) is 7.23. The molecule has 6 nitrogen and oxygen atoms in total. The number of aliphatic imine (C=N–C) groups is 1. The molecule has 0 saturated heterocycles. The minimum atomic E-state index is -0.525. The van der Waals surface area contributed by atoms with Gasteiger partial charge in [0.05, 0.1) is 11.6 Å². The maximum atomic E-state index is 11.9. The molecular formula is C22H21N5O. The molecule has 4 rings (SSSR count). The van der Waals surface area contributed by atoms with E-state index in [0.717, 1.165) is 33.9 Å². The fourth-order valence-corrected chi connectivity index (χ4v) is 3.34. The first kappa shape index (κ1) is 17.9. The molecule has 6 heteroatoms. The van der Waals surface area contributed by atoms with E-state index in [1.54, 1.807) is 12.3 Å². The number of nitrogens with zero attached hydrogens (tertiary/aromatic N) is 3. The molecule has 0 fully saturated rings. The average molecular weight is 371 g/mol. The van der Waals surface area contributed by atoms with Gasteiger partial charge in [-0.15, -0.1) is 0 Å². The molecule has 0 bridgehead atoms. The molecule has 3 N–H and O–H groups in total. The fourth-order valence-electron chi connectivity index (χ4n) is 3.34. The van der Waals surface area contributed by atoms with E-state index >= 15 is 0 Å². The smallest absolute Gasteiger partial charge is 0.228 e. The van der Waals surface area contributed by atoms with Crippen LogP contribution >= 0.6 is 0 Å². The van der Waals surface area contributed by atoms with Crippen LogP contribution in [-0.2, 0) is 11.3 Å². The molecule has 0 radical (unpaired) electrons. The number of anilines is 1. The lowest BCUT2D eigenvalue weighted by Gasteiger charge is -2.17. The number of rotatable bonds is 5. The zero-order valence-corrected chi connectivity index (χ0v) is 15.8. The highest BCUT2D eigenvalue weighted by molar-refractivity contribution is 6.15. The molecule has 1 atom stereocenters. The molecule has 1 aromatic heterocycles. The Morgan fingerprint density at radius 3 is 2.71 bits per heavy atom. The highest BCUT2D eigenvalue weighted by atomic mass is 16.1. The van der Waals surface area contributed by atoms with Crippen molar-refractivity contribution >= 4 is 23.5 Å². The van der Waals surface area contributed by atoms with Crippen LogP contribution in [0.15, 0.2) is 64.8 Å². The van der Waals surface area contributed by atoms with E-state index < -0.39 is 11.8 Å². The molecule has 2 aromatic rings. The molecule has 1 aliphatic carbocycles. The van der Waals surface area contributed by atoms with E-state index in [2.05, 4.69) is 27.4 Å². The van der Waals surface area contributed by atoms with Crippen LogP contribution < -0.4 is 11.1 Å². The van der Waals surface area contributed by atoms with Crippen LogP contribution in [0.5, 0.6) is 0 Å². The Labute approximate surface area is 163 Å². The van der Waals surface area contributed by atoms with Crippen LogP contribution in [0.25, 0.3) is 5.57 Å². The van der Waals surface area contributed by atoms with E-state index in [4.69, 9.17) is 10.7 Å². The summed E-state index contributed by atoms with van der Waals surface area (Å²) >= 11 is 0. The summed E-state index contributed by atoms with van der Waals surface area (Å²) in [6.07, 6.45) is 7.18. The summed E-state index contributed by atoms with van der Waals surface area (Å²) in [4.78, 5) is 25.7. The molecule has 1 aromatic carbocycles. The van der Waals surface area contributed by atoms with Crippen molar-refractivity contribution in [1.29, 1.82) is 0 Å². The molecule has 1 unspecified atom stereocenters. The topological polar surface area (TPSA) is 93.3 Å². The van der Waals surface area contributed by atoms with Crippen molar-refractivity contribution in [3.05, 3.63) is 82.5 Å². The summed E-state index contributed by atoms with van der Waals surface area (Å²) in [7, 11) is 0. The van der Waals surface area contributed by atoms with Crippen molar-refractivity contribution in [2.75, 3.05) is 5.32 Å². The number of hydrogen-bond acceptors (Lipinski definition) is 5. The summed E-state index contributed by atoms with van der Waals surface area (Å²) in [5.41, 5.74) is 10.9. The van der Waals surface area contributed by atoms with Crippen LogP contribution in [0.3, 0.4) is 0 Å². The van der Waals surface area contributed by atoms with E-state index in [-0.39, 0.29) is 0 Å². The van der Waals surface area contributed by atoms with Crippen molar-refractivity contribution in [2.45, 2.75) is 20.4 Å². The maximum absolute atomic E-state index is 11.9. The molecule has 1 amide bonds. The maximum Gasteiger partial charge on any atom is 0.228 e. The van der Waals surface area contributed by atoms with Gasteiger partial charge in [0.1, 0.15) is 5.82 Å². The van der Waals surface area contributed by atoms with Gasteiger partial charge in [-0.1, -0.05) is 42.5 Å². The number of amides is 1. The number of nitrogens with two attached hydrogens (primary N) is 1. The SMILES string of the molecule is Cc1nc(C2=C3C(=CC=CC3C(N)=O)N=C2)nc(NCc2ccccc2)c1C. The molecule has 0 spiro atoms. The van der Waals surface area contributed by atoms with Crippen molar-refractivity contribution in [3.63, 3.8) is 0 Å². The van der Waals surface area contributed by atoms with Gasteiger partial charge in [-0.25, -0.2) is 9.97 Å². The molecule has 28 heavy (non-hydrogen) atoms. The minimum Gasteiger partial charge on any atom is -0.369 e. The largest absolute Gasteiger partial charge is 0.369 e. The second-order valence-electron chi connectivity index (χ2n) is 6.85. The predicted molar refractivity (Wildman–Crippen MR) is 111 cm³/mol. The quantitative estimate of drug-likeness (QED) is 0.844. The summed E-state index contributed by atoms with van der Waals surface area (Å²) < 4.78 is 0. The first-order valence-electron chi connectivity index (χ1n) is 9.14. The Balaban J connectivity index is 1.72. The zero-order valence-electron chi connectivity index (χ0n) is 15.8. The Morgan fingerprint density at radius 2 is 1.96 bits per heavy atom. The lowest BCUT2D eigenvalue weighted by Crippen LogP contribution is -2.25. The van der Waals surface area contributed by atoms with Crippen molar-refractivity contribution < 1.29 is 4.79 Å². The van der Waals surface area contributed by atoms with Gasteiger partial charge in [0, 0.05) is 35.2 Å². The van der Waals surface area contributed by atoms with Gasteiger partial charge in [-0.05, 0) is 25.5 Å². The highest BCUT2D eigenvalue weighted by Crippen LogP contribution is 2.36. The van der Waals surface area contributed by atoms with Crippen LogP contribution in [-0.4, -0.2) is 22.1 Å². The number of carbonyl (C=O) groups is 1. The van der Waals surface area contributed by atoms with Gasteiger partial charge in [0.25, 0.3) is 0 Å². The fraction of sp³-hybridized carbons (Fsp3) is 0.182. The highest BCUT2D eigenvalue weighted by Gasteiger charge is 2.30. The Bertz CT molecular complexity index is 1060. The van der Waals surface area contributed by atoms with Gasteiger partial charge in [0.2, 0.25) is 5.91 Å². The third kappa shape index (κ3) is 3.24. The Hall–Kier alpha value is -3.54. The van der Waals surface area contributed by atoms with E-state index in [0.29, 0.717) is 12.4 Å². The molecule has 1 aliphatic heterocycles. The van der Waals surface area contributed by atoms with Gasteiger partial charge in [0.15, 0.2) is 5.82 Å². The van der Waals surface area contributed by atoms with Crippen molar-refractivity contribution in [1.82, 2.24) is 9.97 Å². The third-order valence-electron chi connectivity index (χ3n) is 5.01. The van der Waals surface area contributed by atoms with Crippen molar-refractivity contribution in [2.24, 2.45) is 16.6 Å². The zero-order chi connectivity index (χ0) is 19.7. The van der Waals surface area contributed by atoms with E-state index in [1.165, 1.54) is 5.56 Å². The second-order valence-corrected chi connectivity index (χ2v) is 6.85. The summed E-state index contributed by atoms with van der Waals surface area (Å²) in [6.45, 7) is 4.61. The number of fused-ring (bicyclic) bond motifs is 1. The Kier molecular flexibility index (Phi) is 4.61. The number of primary amides is 1. The van der Waals surface area contributed by atoms with Crippen LogP contribution in [0, 0.1) is 19.8 Å². The number of aryl methyl sites for hydroxylation is 1. The number of hydrogen-bond donors (Lipinski definition) is 2. The number of allylic oxidation sites excluding steroid dienone is 4. The number of carbonyl (C=O) groups excluding carboxylic acids is 1.